The monoisotopic (exact) mass is 377 g/mol. The number of piperidine rings is 1. The summed E-state index contributed by atoms with van der Waals surface area (Å²) in [5.74, 6) is 0.738. The fourth-order valence-corrected chi connectivity index (χ4v) is 5.07. The Bertz CT molecular complexity index is 553. The van der Waals surface area contributed by atoms with E-state index >= 15 is 0 Å². The molecule has 3 unspecified atom stereocenters. The molecule has 0 radical (unpaired) electrons. The maximum absolute atomic E-state index is 5.99. The Hall–Kier alpha value is -0.650. The maximum Gasteiger partial charge on any atom is 0.0623 e. The lowest BCUT2D eigenvalue weighted by Gasteiger charge is -2.37. The molecular formula is C21H32ClN3O. The van der Waals surface area contributed by atoms with Crippen molar-refractivity contribution in [1.29, 1.82) is 0 Å². The van der Waals surface area contributed by atoms with E-state index in [-0.39, 0.29) is 0 Å². The van der Waals surface area contributed by atoms with Crippen molar-refractivity contribution < 1.29 is 4.74 Å². The van der Waals surface area contributed by atoms with Crippen LogP contribution in [-0.2, 0) is 11.3 Å². The first-order valence-electron chi connectivity index (χ1n) is 10.3. The molecule has 1 aromatic carbocycles. The number of nitrogens with one attached hydrogen (secondary N) is 2. The van der Waals surface area contributed by atoms with Crippen molar-refractivity contribution in [2.75, 3.05) is 32.8 Å². The summed E-state index contributed by atoms with van der Waals surface area (Å²) in [5.41, 5.74) is 1.36. The minimum absolute atomic E-state index is 0.550. The van der Waals surface area contributed by atoms with E-state index in [2.05, 4.69) is 27.7 Å². The van der Waals surface area contributed by atoms with Crippen LogP contribution in [0.1, 0.15) is 37.7 Å². The molecule has 2 heterocycles. The van der Waals surface area contributed by atoms with Crippen LogP contribution in [0, 0.1) is 5.92 Å². The average molecular weight is 378 g/mol. The molecule has 4 nitrogen and oxygen atoms in total. The van der Waals surface area contributed by atoms with E-state index in [4.69, 9.17) is 16.3 Å². The van der Waals surface area contributed by atoms with E-state index in [0.29, 0.717) is 18.1 Å². The Labute approximate surface area is 162 Å². The summed E-state index contributed by atoms with van der Waals surface area (Å²) < 4.78 is 5.71. The lowest BCUT2D eigenvalue weighted by Crippen LogP contribution is -2.53. The lowest BCUT2D eigenvalue weighted by molar-refractivity contribution is 0.0506. The lowest BCUT2D eigenvalue weighted by atomic mass is 9.92. The molecule has 4 rings (SSSR count). The van der Waals surface area contributed by atoms with Crippen molar-refractivity contribution in [2.45, 2.75) is 56.8 Å². The fraction of sp³-hybridized carbons (Fsp3) is 0.714. The van der Waals surface area contributed by atoms with Gasteiger partial charge < -0.3 is 15.4 Å². The molecule has 2 saturated heterocycles. The van der Waals surface area contributed by atoms with Gasteiger partial charge in [-0.2, -0.15) is 0 Å². The number of benzene rings is 1. The topological polar surface area (TPSA) is 36.5 Å². The van der Waals surface area contributed by atoms with Gasteiger partial charge in [-0.3, -0.25) is 4.90 Å². The minimum atomic E-state index is 0.550. The van der Waals surface area contributed by atoms with Crippen molar-refractivity contribution in [1.82, 2.24) is 15.5 Å². The largest absolute Gasteiger partial charge is 0.379 e. The van der Waals surface area contributed by atoms with Crippen LogP contribution in [0.3, 0.4) is 0 Å². The number of likely N-dealkylation sites (tertiary alicyclic amines) is 1. The zero-order valence-electron chi connectivity index (χ0n) is 15.6. The van der Waals surface area contributed by atoms with Gasteiger partial charge in [0.25, 0.3) is 0 Å². The van der Waals surface area contributed by atoms with E-state index in [0.717, 1.165) is 37.2 Å². The molecule has 1 aliphatic carbocycles. The average Bonchev–Trinajstić information content (AvgIpc) is 3.14. The first-order chi connectivity index (χ1) is 12.8. The number of ether oxygens (including phenoxy) is 1. The van der Waals surface area contributed by atoms with Crippen LogP contribution < -0.4 is 10.6 Å². The van der Waals surface area contributed by atoms with E-state index in [1.807, 2.05) is 12.1 Å². The molecular weight excluding hydrogens is 346 g/mol. The van der Waals surface area contributed by atoms with E-state index < -0.39 is 0 Å². The highest BCUT2D eigenvalue weighted by Gasteiger charge is 2.36. The standard InChI is InChI=1S/C21H32ClN3O/c22-17-6-4-16(5-7-17)14-25-11-8-18(9-12-25)24-20-3-1-2-19(20)21-15-26-13-10-23-21/h4-7,18-21,23-24H,1-3,8-15H2. The highest BCUT2D eigenvalue weighted by Crippen LogP contribution is 2.30. The van der Waals surface area contributed by atoms with Gasteiger partial charge in [-0.15, -0.1) is 0 Å². The summed E-state index contributed by atoms with van der Waals surface area (Å²) >= 11 is 5.99. The summed E-state index contributed by atoms with van der Waals surface area (Å²) in [6.07, 6.45) is 6.54. The molecule has 2 N–H and O–H groups in total. The number of rotatable bonds is 5. The van der Waals surface area contributed by atoms with Crippen molar-refractivity contribution in [3.05, 3.63) is 34.9 Å². The van der Waals surface area contributed by atoms with Gasteiger partial charge in [0.2, 0.25) is 0 Å². The zero-order chi connectivity index (χ0) is 17.8. The van der Waals surface area contributed by atoms with Gasteiger partial charge >= 0.3 is 0 Å². The van der Waals surface area contributed by atoms with E-state index in [1.165, 1.54) is 50.8 Å². The summed E-state index contributed by atoms with van der Waals surface area (Å²) in [6, 6.07) is 10.2. The molecule has 3 atom stereocenters. The number of halogens is 1. The summed E-state index contributed by atoms with van der Waals surface area (Å²) in [4.78, 5) is 2.57. The van der Waals surface area contributed by atoms with Crippen LogP contribution >= 0.6 is 11.6 Å². The molecule has 1 aromatic rings. The van der Waals surface area contributed by atoms with Crippen molar-refractivity contribution >= 4 is 11.6 Å². The summed E-state index contributed by atoms with van der Waals surface area (Å²) in [6.45, 7) is 6.18. The molecule has 5 heteroatoms. The van der Waals surface area contributed by atoms with Crippen LogP contribution in [0.4, 0.5) is 0 Å². The number of hydrogen-bond donors (Lipinski definition) is 2. The maximum atomic E-state index is 5.99. The molecule has 3 fully saturated rings. The Morgan fingerprint density at radius 1 is 1.12 bits per heavy atom. The predicted molar refractivity (Wildman–Crippen MR) is 107 cm³/mol. The molecule has 144 valence electrons. The van der Waals surface area contributed by atoms with E-state index in [9.17, 15) is 0 Å². The van der Waals surface area contributed by atoms with Crippen LogP contribution in [0.25, 0.3) is 0 Å². The fourth-order valence-electron chi connectivity index (χ4n) is 4.95. The number of morpholine rings is 1. The molecule has 0 spiro atoms. The van der Waals surface area contributed by atoms with Crippen LogP contribution in [-0.4, -0.2) is 55.9 Å². The van der Waals surface area contributed by atoms with E-state index in [1.54, 1.807) is 0 Å². The third-order valence-corrected chi connectivity index (χ3v) is 6.65. The van der Waals surface area contributed by atoms with Gasteiger partial charge in [-0.05, 0) is 62.4 Å². The Kier molecular flexibility index (Phi) is 6.49. The summed E-state index contributed by atoms with van der Waals surface area (Å²) in [5, 5.41) is 8.52. The Morgan fingerprint density at radius 2 is 1.92 bits per heavy atom. The van der Waals surface area contributed by atoms with Gasteiger partial charge in [0.1, 0.15) is 0 Å². The Balaban J connectivity index is 1.23. The SMILES string of the molecule is Clc1ccc(CN2CCC(NC3CCCC3C3COCCN3)CC2)cc1. The van der Waals surface area contributed by atoms with Crippen LogP contribution in [0.2, 0.25) is 5.02 Å². The highest BCUT2D eigenvalue weighted by molar-refractivity contribution is 6.30. The molecule has 0 bridgehead atoms. The van der Waals surface area contributed by atoms with Crippen molar-refractivity contribution in [2.24, 2.45) is 5.92 Å². The van der Waals surface area contributed by atoms with Crippen molar-refractivity contribution in [3.63, 3.8) is 0 Å². The minimum Gasteiger partial charge on any atom is -0.379 e. The van der Waals surface area contributed by atoms with Crippen molar-refractivity contribution in [3.8, 4) is 0 Å². The number of nitrogens with zero attached hydrogens (tertiary/aromatic N) is 1. The molecule has 0 aromatic heterocycles. The van der Waals surface area contributed by atoms with Gasteiger partial charge in [-0.25, -0.2) is 0 Å². The van der Waals surface area contributed by atoms with Crippen LogP contribution in [0.5, 0.6) is 0 Å². The van der Waals surface area contributed by atoms with Gasteiger partial charge in [0, 0.05) is 36.2 Å². The third kappa shape index (κ3) is 4.79. The Morgan fingerprint density at radius 3 is 2.65 bits per heavy atom. The zero-order valence-corrected chi connectivity index (χ0v) is 16.4. The molecule has 2 aliphatic heterocycles. The molecule has 0 amide bonds. The van der Waals surface area contributed by atoms with Crippen LogP contribution in [0.15, 0.2) is 24.3 Å². The first-order valence-corrected chi connectivity index (χ1v) is 10.7. The van der Waals surface area contributed by atoms with Gasteiger partial charge in [0.05, 0.1) is 13.2 Å². The normalized spacial score (nSPS) is 31.3. The molecule has 26 heavy (non-hydrogen) atoms. The second-order valence-corrected chi connectivity index (χ2v) is 8.62. The second kappa shape index (κ2) is 9.03. The second-order valence-electron chi connectivity index (χ2n) is 8.18. The predicted octanol–water partition coefficient (Wildman–Crippen LogP) is 3.05. The number of hydrogen-bond acceptors (Lipinski definition) is 4. The third-order valence-electron chi connectivity index (χ3n) is 6.39. The quantitative estimate of drug-likeness (QED) is 0.826. The summed E-state index contributed by atoms with van der Waals surface area (Å²) in [7, 11) is 0. The molecule has 3 aliphatic rings. The molecule has 1 saturated carbocycles. The smallest absolute Gasteiger partial charge is 0.0623 e. The van der Waals surface area contributed by atoms with Gasteiger partial charge in [-0.1, -0.05) is 30.2 Å². The van der Waals surface area contributed by atoms with Gasteiger partial charge in [0.15, 0.2) is 0 Å². The highest BCUT2D eigenvalue weighted by atomic mass is 35.5. The first kappa shape index (κ1) is 18.7.